The number of rotatable bonds is 6. The van der Waals surface area contributed by atoms with E-state index in [9.17, 15) is 4.79 Å². The number of aliphatic imine (C=N–C) groups is 1. The van der Waals surface area contributed by atoms with Gasteiger partial charge in [-0.15, -0.1) is 0 Å². The third kappa shape index (κ3) is 5.44. The van der Waals surface area contributed by atoms with Crippen LogP contribution in [0.25, 0.3) is 6.08 Å². The normalized spacial score (nSPS) is 21.3. The minimum absolute atomic E-state index is 0.162. The number of Topliss-reactive ketones (excluding diaryl/α,β-unsaturated/α-hetero) is 1. The Morgan fingerprint density at radius 3 is 2.31 bits per heavy atom. The van der Waals surface area contributed by atoms with E-state index in [2.05, 4.69) is 31.8 Å². The molecule has 1 aliphatic rings. The highest BCUT2D eigenvalue weighted by Gasteiger charge is 2.32. The minimum Gasteiger partial charge on any atom is -0.494 e. The van der Waals surface area contributed by atoms with Gasteiger partial charge in [0.05, 0.1) is 12.3 Å². The Bertz CT molecular complexity index is 876. The summed E-state index contributed by atoms with van der Waals surface area (Å²) in [4.78, 5) is 17.4. The highest BCUT2D eigenvalue weighted by molar-refractivity contribution is 6.02. The van der Waals surface area contributed by atoms with Crippen molar-refractivity contribution in [2.24, 2.45) is 22.7 Å². The number of benzene rings is 2. The van der Waals surface area contributed by atoms with Crippen molar-refractivity contribution in [2.45, 2.75) is 40.5 Å². The van der Waals surface area contributed by atoms with E-state index in [1.807, 2.05) is 61.7 Å². The summed E-state index contributed by atoms with van der Waals surface area (Å²) >= 11 is 0. The Morgan fingerprint density at radius 2 is 1.69 bits per heavy atom. The van der Waals surface area contributed by atoms with Gasteiger partial charge in [-0.2, -0.15) is 0 Å². The first-order chi connectivity index (χ1) is 14.0. The Balaban J connectivity index is 1.71. The maximum Gasteiger partial charge on any atom is 0.162 e. The quantitative estimate of drug-likeness (QED) is 0.418. The van der Waals surface area contributed by atoms with Crippen LogP contribution < -0.4 is 4.74 Å². The van der Waals surface area contributed by atoms with Crippen molar-refractivity contribution in [1.82, 2.24) is 0 Å². The third-order valence-corrected chi connectivity index (χ3v) is 5.64. The van der Waals surface area contributed by atoms with Gasteiger partial charge in [0.1, 0.15) is 5.75 Å². The fraction of sp³-hybridized carbons (Fsp3) is 0.385. The summed E-state index contributed by atoms with van der Waals surface area (Å²) in [6, 6.07) is 16.0. The summed E-state index contributed by atoms with van der Waals surface area (Å²) in [5, 5.41) is 0. The SMILES string of the molecule is CCOc1ccc(C=Nc2ccc(C=C3C(=O)[C@H](C(C)C)CC[C@@H]3C)cc2)cc1. The molecule has 0 heterocycles. The Morgan fingerprint density at radius 1 is 1.03 bits per heavy atom. The van der Waals surface area contributed by atoms with Gasteiger partial charge in [0.25, 0.3) is 0 Å². The van der Waals surface area contributed by atoms with E-state index in [4.69, 9.17) is 4.74 Å². The lowest BCUT2D eigenvalue weighted by atomic mass is 9.73. The number of carbonyl (C=O) groups excluding carboxylic acids is 1. The zero-order valence-corrected chi connectivity index (χ0v) is 17.9. The van der Waals surface area contributed by atoms with Crippen LogP contribution in [0.3, 0.4) is 0 Å². The molecule has 1 fully saturated rings. The van der Waals surface area contributed by atoms with Gasteiger partial charge in [0, 0.05) is 12.1 Å². The summed E-state index contributed by atoms with van der Waals surface area (Å²) in [5.41, 5.74) is 3.95. The Hall–Kier alpha value is -2.68. The first-order valence-electron chi connectivity index (χ1n) is 10.6. The lowest BCUT2D eigenvalue weighted by molar-refractivity contribution is -0.122. The maximum absolute atomic E-state index is 12.9. The van der Waals surface area contributed by atoms with Crippen LogP contribution in [-0.4, -0.2) is 18.6 Å². The molecule has 0 aromatic heterocycles. The van der Waals surface area contributed by atoms with Gasteiger partial charge in [-0.1, -0.05) is 32.9 Å². The largest absolute Gasteiger partial charge is 0.494 e. The number of hydrogen-bond donors (Lipinski definition) is 0. The molecule has 2 atom stereocenters. The second kappa shape index (κ2) is 9.69. The second-order valence-electron chi connectivity index (χ2n) is 8.14. The molecule has 0 bridgehead atoms. The topological polar surface area (TPSA) is 38.7 Å². The van der Waals surface area contributed by atoms with Gasteiger partial charge < -0.3 is 4.74 Å². The predicted molar refractivity (Wildman–Crippen MR) is 121 cm³/mol. The maximum atomic E-state index is 12.9. The van der Waals surface area contributed by atoms with Crippen LogP contribution in [0.2, 0.25) is 0 Å². The molecule has 1 aliphatic carbocycles. The fourth-order valence-electron chi connectivity index (χ4n) is 3.82. The summed E-state index contributed by atoms with van der Waals surface area (Å²) in [5.74, 6) is 2.09. The highest BCUT2D eigenvalue weighted by Crippen LogP contribution is 2.35. The van der Waals surface area contributed by atoms with Gasteiger partial charge >= 0.3 is 0 Å². The molecule has 0 spiro atoms. The number of ether oxygens (including phenoxy) is 1. The molecule has 0 radical (unpaired) electrons. The van der Waals surface area contributed by atoms with Crippen LogP contribution in [0.5, 0.6) is 5.75 Å². The lowest BCUT2D eigenvalue weighted by Crippen LogP contribution is -2.30. The van der Waals surface area contributed by atoms with Crippen molar-refractivity contribution < 1.29 is 9.53 Å². The number of nitrogens with zero attached hydrogens (tertiary/aromatic N) is 1. The third-order valence-electron chi connectivity index (χ3n) is 5.64. The van der Waals surface area contributed by atoms with Crippen molar-refractivity contribution in [1.29, 1.82) is 0 Å². The van der Waals surface area contributed by atoms with Crippen molar-refractivity contribution in [3.8, 4) is 5.75 Å². The molecule has 3 heteroatoms. The van der Waals surface area contributed by atoms with E-state index in [0.717, 1.165) is 41.0 Å². The van der Waals surface area contributed by atoms with Crippen molar-refractivity contribution in [3.63, 3.8) is 0 Å². The molecular weight excluding hydrogens is 358 g/mol. The zero-order valence-electron chi connectivity index (χ0n) is 17.9. The van der Waals surface area contributed by atoms with E-state index in [1.54, 1.807) is 0 Å². The highest BCUT2D eigenvalue weighted by atomic mass is 16.5. The van der Waals surface area contributed by atoms with Crippen LogP contribution in [0, 0.1) is 17.8 Å². The predicted octanol–water partition coefficient (Wildman–Crippen LogP) is 6.49. The smallest absolute Gasteiger partial charge is 0.162 e. The molecule has 29 heavy (non-hydrogen) atoms. The number of hydrogen-bond acceptors (Lipinski definition) is 3. The number of allylic oxidation sites excluding steroid dienone is 1. The molecule has 0 aliphatic heterocycles. The molecule has 0 amide bonds. The van der Waals surface area contributed by atoms with Gasteiger partial charge in [0.15, 0.2) is 5.78 Å². The van der Waals surface area contributed by atoms with Gasteiger partial charge in [-0.25, -0.2) is 0 Å². The second-order valence-corrected chi connectivity index (χ2v) is 8.14. The van der Waals surface area contributed by atoms with Gasteiger partial charge in [-0.3, -0.25) is 9.79 Å². The molecule has 0 unspecified atom stereocenters. The fourth-order valence-corrected chi connectivity index (χ4v) is 3.82. The van der Waals surface area contributed by atoms with E-state index in [0.29, 0.717) is 24.2 Å². The first kappa shape index (κ1) is 21.0. The van der Waals surface area contributed by atoms with Crippen LogP contribution in [0.1, 0.15) is 51.7 Å². The molecule has 0 N–H and O–H groups in total. The summed E-state index contributed by atoms with van der Waals surface area (Å²) in [6.45, 7) is 9.09. The molecule has 1 saturated carbocycles. The van der Waals surface area contributed by atoms with Crippen molar-refractivity contribution in [3.05, 3.63) is 65.2 Å². The Kier molecular flexibility index (Phi) is 7.03. The zero-order chi connectivity index (χ0) is 20.8. The number of ketones is 1. The average Bonchev–Trinajstić information content (AvgIpc) is 2.71. The van der Waals surface area contributed by atoms with E-state index in [-0.39, 0.29) is 5.92 Å². The van der Waals surface area contributed by atoms with Crippen molar-refractivity contribution in [2.75, 3.05) is 6.61 Å². The average molecular weight is 390 g/mol. The molecule has 152 valence electrons. The van der Waals surface area contributed by atoms with Crippen LogP contribution in [0.15, 0.2) is 59.1 Å². The summed E-state index contributed by atoms with van der Waals surface area (Å²) < 4.78 is 5.46. The molecule has 0 saturated heterocycles. The summed E-state index contributed by atoms with van der Waals surface area (Å²) in [7, 11) is 0. The molecule has 2 aromatic rings. The molecule has 2 aromatic carbocycles. The monoisotopic (exact) mass is 389 g/mol. The van der Waals surface area contributed by atoms with Crippen molar-refractivity contribution >= 4 is 23.8 Å². The molecule has 3 rings (SSSR count). The Labute approximate surface area is 174 Å². The first-order valence-corrected chi connectivity index (χ1v) is 10.6. The van der Waals surface area contributed by atoms with Crippen LogP contribution in [-0.2, 0) is 4.79 Å². The number of carbonyl (C=O) groups is 1. The van der Waals surface area contributed by atoms with E-state index < -0.39 is 0 Å². The van der Waals surface area contributed by atoms with Crippen LogP contribution in [0.4, 0.5) is 5.69 Å². The van der Waals surface area contributed by atoms with E-state index in [1.165, 1.54) is 0 Å². The standard InChI is InChI=1S/C26H31NO2/c1-5-29-23-13-9-21(10-14-23)17-27-22-11-7-20(8-12-22)16-25-19(4)6-15-24(18(2)3)26(25)28/h7-14,16-19,24H,5-6,15H2,1-4H3/t19-,24-/m0/s1. The lowest BCUT2D eigenvalue weighted by Gasteiger charge is -2.30. The van der Waals surface area contributed by atoms with Gasteiger partial charge in [0.2, 0.25) is 0 Å². The molecular formula is C26H31NO2. The van der Waals surface area contributed by atoms with Gasteiger partial charge in [-0.05, 0) is 90.8 Å². The molecule has 3 nitrogen and oxygen atoms in total. The van der Waals surface area contributed by atoms with E-state index >= 15 is 0 Å². The summed E-state index contributed by atoms with van der Waals surface area (Å²) in [6.07, 6.45) is 6.02. The minimum atomic E-state index is 0.162. The van der Waals surface area contributed by atoms with Crippen LogP contribution >= 0.6 is 0 Å².